The fourth-order valence-electron chi connectivity index (χ4n) is 3.20. The molecule has 1 aliphatic heterocycles. The first-order valence-corrected chi connectivity index (χ1v) is 8.14. The van der Waals surface area contributed by atoms with Crippen LogP contribution in [-0.4, -0.2) is 22.9 Å². The van der Waals surface area contributed by atoms with E-state index in [0.717, 1.165) is 30.5 Å². The Labute approximate surface area is 135 Å². The molecule has 2 aromatic carbocycles. The van der Waals surface area contributed by atoms with Crippen molar-refractivity contribution in [2.75, 3.05) is 18.0 Å². The van der Waals surface area contributed by atoms with Crippen molar-refractivity contribution in [3.63, 3.8) is 0 Å². The molecule has 3 nitrogen and oxygen atoms in total. The maximum atomic E-state index is 6.10. The lowest BCUT2D eigenvalue weighted by Crippen LogP contribution is -2.18. The molecule has 1 aromatic heterocycles. The fourth-order valence-corrected chi connectivity index (χ4v) is 3.41. The number of halogens is 1. The van der Waals surface area contributed by atoms with Gasteiger partial charge in [0.05, 0.1) is 12.1 Å². The van der Waals surface area contributed by atoms with Gasteiger partial charge >= 0.3 is 0 Å². The summed E-state index contributed by atoms with van der Waals surface area (Å²) >= 11 is 6.10. The van der Waals surface area contributed by atoms with Gasteiger partial charge in [-0.25, -0.2) is 0 Å². The van der Waals surface area contributed by atoms with E-state index in [9.17, 15) is 0 Å². The summed E-state index contributed by atoms with van der Waals surface area (Å²) < 4.78 is 2.09. The zero-order valence-corrected chi connectivity index (χ0v) is 13.1. The number of benzene rings is 2. The summed E-state index contributed by atoms with van der Waals surface area (Å²) in [7, 11) is 0. The van der Waals surface area contributed by atoms with Crippen molar-refractivity contribution in [3.05, 3.63) is 59.1 Å². The number of aromatic nitrogens is 2. The number of hydrogen-bond acceptors (Lipinski definition) is 2. The molecule has 0 saturated carbocycles. The van der Waals surface area contributed by atoms with Gasteiger partial charge in [0.15, 0.2) is 5.82 Å². The lowest BCUT2D eigenvalue weighted by atomic mass is 10.2. The van der Waals surface area contributed by atoms with Crippen molar-refractivity contribution in [1.29, 1.82) is 0 Å². The van der Waals surface area contributed by atoms with Crippen molar-refractivity contribution in [1.82, 2.24) is 9.78 Å². The molecule has 0 amide bonds. The quantitative estimate of drug-likeness (QED) is 0.717. The second-order valence-corrected chi connectivity index (χ2v) is 6.26. The van der Waals surface area contributed by atoms with Crippen LogP contribution in [0.3, 0.4) is 0 Å². The SMILES string of the molecule is Clc1cccc(Cn2nc(N3CCCC3)c3ccccc32)c1. The predicted octanol–water partition coefficient (Wildman–Crippen LogP) is 4.34. The largest absolute Gasteiger partial charge is 0.355 e. The summed E-state index contributed by atoms with van der Waals surface area (Å²) in [6.07, 6.45) is 2.52. The Bertz CT molecular complexity index is 803. The molecule has 0 aliphatic carbocycles. The highest BCUT2D eigenvalue weighted by Crippen LogP contribution is 2.29. The summed E-state index contributed by atoms with van der Waals surface area (Å²) in [6, 6.07) is 16.5. The van der Waals surface area contributed by atoms with Gasteiger partial charge in [0.2, 0.25) is 0 Å². The van der Waals surface area contributed by atoms with Gasteiger partial charge in [0, 0.05) is 23.5 Å². The molecule has 1 saturated heterocycles. The standard InChI is InChI=1S/C18H18ClN3/c19-15-7-5-6-14(12-15)13-22-17-9-2-1-8-16(17)18(20-22)21-10-3-4-11-21/h1-2,5-9,12H,3-4,10-11,13H2. The van der Waals surface area contributed by atoms with Crippen LogP contribution in [0.2, 0.25) is 5.02 Å². The van der Waals surface area contributed by atoms with Crippen LogP contribution in [0.25, 0.3) is 10.9 Å². The van der Waals surface area contributed by atoms with Crippen molar-refractivity contribution >= 4 is 28.3 Å². The Hall–Kier alpha value is -2.00. The van der Waals surface area contributed by atoms with E-state index in [1.54, 1.807) is 0 Å². The molecule has 1 fully saturated rings. The van der Waals surface area contributed by atoms with Crippen LogP contribution in [0.4, 0.5) is 5.82 Å². The summed E-state index contributed by atoms with van der Waals surface area (Å²) in [5.74, 6) is 1.12. The maximum Gasteiger partial charge on any atom is 0.158 e. The predicted molar refractivity (Wildman–Crippen MR) is 91.7 cm³/mol. The summed E-state index contributed by atoms with van der Waals surface area (Å²) in [5, 5.41) is 6.91. The van der Waals surface area contributed by atoms with Crippen LogP contribution >= 0.6 is 11.6 Å². The summed E-state index contributed by atoms with van der Waals surface area (Å²) in [5.41, 5.74) is 2.36. The molecule has 0 spiro atoms. The molecule has 112 valence electrons. The minimum absolute atomic E-state index is 0.745. The van der Waals surface area contributed by atoms with Crippen molar-refractivity contribution in [3.8, 4) is 0 Å². The Morgan fingerprint density at radius 3 is 2.64 bits per heavy atom. The first-order valence-electron chi connectivity index (χ1n) is 7.76. The molecule has 3 aromatic rings. The topological polar surface area (TPSA) is 21.1 Å². The zero-order chi connectivity index (χ0) is 14.9. The van der Waals surface area contributed by atoms with Crippen molar-refractivity contribution < 1.29 is 0 Å². The number of rotatable bonds is 3. The average molecular weight is 312 g/mol. The van der Waals surface area contributed by atoms with Crippen LogP contribution in [0.15, 0.2) is 48.5 Å². The maximum absolute atomic E-state index is 6.10. The van der Waals surface area contributed by atoms with Crippen LogP contribution in [0, 0.1) is 0 Å². The van der Waals surface area contributed by atoms with E-state index in [4.69, 9.17) is 16.7 Å². The zero-order valence-electron chi connectivity index (χ0n) is 12.4. The van der Waals surface area contributed by atoms with Gasteiger partial charge in [-0.1, -0.05) is 35.9 Å². The van der Waals surface area contributed by atoms with Crippen molar-refractivity contribution in [2.45, 2.75) is 19.4 Å². The molecular weight excluding hydrogens is 294 g/mol. The molecule has 1 aliphatic rings. The van der Waals surface area contributed by atoms with Crippen LogP contribution in [-0.2, 0) is 6.54 Å². The first kappa shape index (κ1) is 13.6. The Morgan fingerprint density at radius 2 is 1.82 bits per heavy atom. The van der Waals surface area contributed by atoms with Gasteiger partial charge in [-0.05, 0) is 42.7 Å². The van der Waals surface area contributed by atoms with E-state index in [2.05, 4.69) is 39.9 Å². The molecular formula is C18H18ClN3. The van der Waals surface area contributed by atoms with Gasteiger partial charge in [0.1, 0.15) is 0 Å². The van der Waals surface area contributed by atoms with Crippen LogP contribution < -0.4 is 4.90 Å². The highest BCUT2D eigenvalue weighted by Gasteiger charge is 2.19. The van der Waals surface area contributed by atoms with Gasteiger partial charge in [-0.3, -0.25) is 4.68 Å². The molecule has 4 rings (SSSR count). The average Bonchev–Trinajstić information content (AvgIpc) is 3.16. The molecule has 0 atom stereocenters. The lowest BCUT2D eigenvalue weighted by Gasteiger charge is -2.14. The van der Waals surface area contributed by atoms with Gasteiger partial charge < -0.3 is 4.90 Å². The van der Waals surface area contributed by atoms with Crippen molar-refractivity contribution in [2.24, 2.45) is 0 Å². The number of fused-ring (bicyclic) bond motifs is 1. The third kappa shape index (κ3) is 2.46. The van der Waals surface area contributed by atoms with E-state index in [1.165, 1.54) is 29.3 Å². The Balaban J connectivity index is 1.77. The second-order valence-electron chi connectivity index (χ2n) is 5.82. The van der Waals surface area contributed by atoms with E-state index in [0.29, 0.717) is 0 Å². The lowest BCUT2D eigenvalue weighted by molar-refractivity contribution is 0.705. The number of para-hydroxylation sites is 1. The van der Waals surface area contributed by atoms with Gasteiger partial charge in [0.25, 0.3) is 0 Å². The number of hydrogen-bond donors (Lipinski definition) is 0. The first-order chi connectivity index (χ1) is 10.8. The minimum atomic E-state index is 0.745. The molecule has 0 N–H and O–H groups in total. The summed E-state index contributed by atoms with van der Waals surface area (Å²) in [4.78, 5) is 2.40. The number of nitrogens with zero attached hydrogens (tertiary/aromatic N) is 3. The smallest absolute Gasteiger partial charge is 0.158 e. The van der Waals surface area contributed by atoms with Crippen LogP contribution in [0.5, 0.6) is 0 Å². The van der Waals surface area contributed by atoms with Gasteiger partial charge in [-0.2, -0.15) is 5.10 Å². The molecule has 0 radical (unpaired) electrons. The second kappa shape index (κ2) is 5.65. The molecule has 4 heteroatoms. The van der Waals surface area contributed by atoms with Gasteiger partial charge in [-0.15, -0.1) is 0 Å². The van der Waals surface area contributed by atoms with Crippen LogP contribution in [0.1, 0.15) is 18.4 Å². The fraction of sp³-hybridized carbons (Fsp3) is 0.278. The highest BCUT2D eigenvalue weighted by molar-refractivity contribution is 6.30. The molecule has 2 heterocycles. The van der Waals surface area contributed by atoms with E-state index in [-0.39, 0.29) is 0 Å². The van der Waals surface area contributed by atoms with E-state index >= 15 is 0 Å². The summed E-state index contributed by atoms with van der Waals surface area (Å²) in [6.45, 7) is 2.96. The Kier molecular flexibility index (Phi) is 3.51. The normalized spacial score (nSPS) is 14.9. The third-order valence-corrected chi connectivity index (χ3v) is 4.50. The molecule has 0 unspecified atom stereocenters. The third-order valence-electron chi connectivity index (χ3n) is 4.27. The number of anilines is 1. The molecule has 0 bridgehead atoms. The highest BCUT2D eigenvalue weighted by atomic mass is 35.5. The Morgan fingerprint density at radius 1 is 1.00 bits per heavy atom. The monoisotopic (exact) mass is 311 g/mol. The van der Waals surface area contributed by atoms with E-state index in [1.807, 2.05) is 18.2 Å². The van der Waals surface area contributed by atoms with E-state index < -0.39 is 0 Å². The minimum Gasteiger partial charge on any atom is -0.355 e. The molecule has 22 heavy (non-hydrogen) atoms.